The van der Waals surface area contributed by atoms with Gasteiger partial charge in [-0.2, -0.15) is 10.1 Å². The van der Waals surface area contributed by atoms with E-state index in [0.717, 1.165) is 17.9 Å². The highest BCUT2D eigenvalue weighted by Gasteiger charge is 2.56. The third kappa shape index (κ3) is 2.87. The van der Waals surface area contributed by atoms with E-state index >= 15 is 0 Å². The predicted molar refractivity (Wildman–Crippen MR) is 108 cm³/mol. The fourth-order valence-electron chi connectivity index (χ4n) is 4.67. The molecule has 0 unspecified atom stereocenters. The number of nitrogens with zero attached hydrogens (tertiary/aromatic N) is 3. The molecule has 1 saturated carbocycles. The fourth-order valence-corrected chi connectivity index (χ4v) is 4.86. The van der Waals surface area contributed by atoms with Gasteiger partial charge in [0.15, 0.2) is 0 Å². The summed E-state index contributed by atoms with van der Waals surface area (Å²) in [5.74, 6) is -0.258. The number of carbonyl (C=O) groups excluding carboxylic acids is 2. The molecule has 152 valence electrons. The highest BCUT2D eigenvalue weighted by atomic mass is 35.5. The van der Waals surface area contributed by atoms with Crippen LogP contribution in [0, 0.1) is 33.8 Å². The van der Waals surface area contributed by atoms with E-state index in [0.29, 0.717) is 17.1 Å². The largest absolute Gasteiger partial charge is 0.455 e. The van der Waals surface area contributed by atoms with Crippen molar-refractivity contribution in [3.05, 3.63) is 63.4 Å². The molecule has 8 nitrogen and oxygen atoms in total. The highest BCUT2D eigenvalue weighted by Crippen LogP contribution is 2.49. The van der Waals surface area contributed by atoms with Gasteiger partial charge < -0.3 is 4.42 Å². The van der Waals surface area contributed by atoms with E-state index in [-0.39, 0.29) is 46.2 Å². The predicted octanol–water partition coefficient (Wildman–Crippen LogP) is 4.04. The van der Waals surface area contributed by atoms with Crippen LogP contribution in [0.1, 0.15) is 18.6 Å². The lowest BCUT2D eigenvalue weighted by Gasteiger charge is -2.37. The van der Waals surface area contributed by atoms with Gasteiger partial charge >= 0.3 is 0 Å². The Balaban J connectivity index is 1.37. The van der Waals surface area contributed by atoms with Gasteiger partial charge in [-0.3, -0.25) is 19.7 Å². The molecule has 9 heteroatoms. The molecule has 30 heavy (non-hydrogen) atoms. The second-order valence-electron chi connectivity index (χ2n) is 7.70. The number of hydrazone groups is 1. The fraction of sp³-hybridized carbons (Fsp3) is 0.286. The lowest BCUT2D eigenvalue weighted by Crippen LogP contribution is -2.38. The summed E-state index contributed by atoms with van der Waals surface area (Å²) in [5.41, 5.74) is 0.257. The molecule has 4 aliphatic rings. The first kappa shape index (κ1) is 18.7. The Labute approximate surface area is 175 Å². The van der Waals surface area contributed by atoms with Gasteiger partial charge in [-0.25, -0.2) is 0 Å². The summed E-state index contributed by atoms with van der Waals surface area (Å²) in [6.45, 7) is 0. The maximum absolute atomic E-state index is 12.8. The minimum absolute atomic E-state index is 0.0353. The van der Waals surface area contributed by atoms with E-state index in [1.807, 2.05) is 0 Å². The van der Waals surface area contributed by atoms with E-state index in [1.54, 1.807) is 18.2 Å². The first-order valence-corrected chi connectivity index (χ1v) is 9.96. The summed E-state index contributed by atoms with van der Waals surface area (Å²) in [6, 6.07) is 7.60. The minimum Gasteiger partial charge on any atom is -0.455 e. The molecule has 2 amide bonds. The number of fused-ring (bicyclic) bond motifs is 1. The number of hydrogen-bond acceptors (Lipinski definition) is 6. The number of nitro benzene ring substituents is 1. The van der Waals surface area contributed by atoms with Crippen molar-refractivity contribution >= 4 is 35.3 Å². The number of nitro groups is 1. The van der Waals surface area contributed by atoms with Gasteiger partial charge in [-0.1, -0.05) is 23.8 Å². The van der Waals surface area contributed by atoms with Crippen LogP contribution in [-0.2, 0) is 9.59 Å². The third-order valence-electron chi connectivity index (χ3n) is 6.09. The van der Waals surface area contributed by atoms with Crippen molar-refractivity contribution in [2.75, 3.05) is 0 Å². The second kappa shape index (κ2) is 6.91. The Morgan fingerprint density at radius 2 is 1.77 bits per heavy atom. The van der Waals surface area contributed by atoms with Crippen molar-refractivity contribution in [2.45, 2.75) is 12.8 Å². The molecule has 2 aromatic rings. The summed E-state index contributed by atoms with van der Waals surface area (Å²) < 4.78 is 5.67. The minimum atomic E-state index is -0.566. The first-order chi connectivity index (χ1) is 14.4. The summed E-state index contributed by atoms with van der Waals surface area (Å²) in [5, 5.41) is 16.2. The van der Waals surface area contributed by atoms with Crippen LogP contribution in [0.2, 0.25) is 5.02 Å². The second-order valence-corrected chi connectivity index (χ2v) is 8.11. The Morgan fingerprint density at radius 3 is 2.37 bits per heavy atom. The van der Waals surface area contributed by atoms with Crippen LogP contribution >= 0.6 is 11.6 Å². The van der Waals surface area contributed by atoms with Crippen molar-refractivity contribution < 1.29 is 18.9 Å². The summed E-state index contributed by atoms with van der Waals surface area (Å²) in [7, 11) is 0. The van der Waals surface area contributed by atoms with E-state index in [9.17, 15) is 19.7 Å². The summed E-state index contributed by atoms with van der Waals surface area (Å²) >= 11 is 5.84. The Bertz CT molecular complexity index is 1110. The zero-order valence-corrected chi connectivity index (χ0v) is 16.4. The average Bonchev–Trinajstić information content (AvgIpc) is 3.32. The molecule has 1 aromatic heterocycles. The molecule has 4 atom stereocenters. The average molecular weight is 426 g/mol. The topological polar surface area (TPSA) is 106 Å². The molecule has 1 aromatic carbocycles. The molecule has 2 heterocycles. The molecule has 1 aliphatic heterocycles. The summed E-state index contributed by atoms with van der Waals surface area (Å²) in [4.78, 5) is 36.1. The summed E-state index contributed by atoms with van der Waals surface area (Å²) in [6.07, 6.45) is 7.27. The third-order valence-corrected chi connectivity index (χ3v) is 6.41. The molecule has 0 radical (unpaired) electrons. The van der Waals surface area contributed by atoms with Gasteiger partial charge in [0.25, 0.3) is 17.5 Å². The van der Waals surface area contributed by atoms with Crippen LogP contribution in [0.4, 0.5) is 5.69 Å². The van der Waals surface area contributed by atoms with Crippen molar-refractivity contribution in [1.29, 1.82) is 0 Å². The molecule has 1 saturated heterocycles. The molecule has 6 rings (SSSR count). The van der Waals surface area contributed by atoms with Crippen LogP contribution in [0.25, 0.3) is 11.3 Å². The molecule has 2 fully saturated rings. The number of allylic oxidation sites excluding steroid dienone is 2. The lowest BCUT2D eigenvalue weighted by atomic mass is 9.63. The molecular weight excluding hydrogens is 410 g/mol. The number of hydrogen-bond donors (Lipinski definition) is 0. The Hall–Kier alpha value is -3.26. The number of benzene rings is 1. The van der Waals surface area contributed by atoms with Crippen molar-refractivity contribution in [1.82, 2.24) is 5.01 Å². The number of imide groups is 1. The van der Waals surface area contributed by atoms with Crippen LogP contribution in [0.3, 0.4) is 0 Å². The van der Waals surface area contributed by atoms with Crippen LogP contribution in [0.5, 0.6) is 0 Å². The molecular formula is C21H16ClN3O5. The van der Waals surface area contributed by atoms with Crippen molar-refractivity contribution in [3.63, 3.8) is 0 Å². The van der Waals surface area contributed by atoms with E-state index in [4.69, 9.17) is 16.0 Å². The van der Waals surface area contributed by atoms with Gasteiger partial charge in [-0.05, 0) is 48.9 Å². The first-order valence-electron chi connectivity index (χ1n) is 9.58. The normalized spacial score (nSPS) is 27.3. The Morgan fingerprint density at radius 1 is 1.10 bits per heavy atom. The number of carbonyl (C=O) groups is 2. The highest BCUT2D eigenvalue weighted by molar-refractivity contribution is 6.32. The monoisotopic (exact) mass is 425 g/mol. The zero-order valence-electron chi connectivity index (χ0n) is 15.6. The van der Waals surface area contributed by atoms with Gasteiger partial charge in [0.2, 0.25) is 0 Å². The number of halogens is 1. The van der Waals surface area contributed by atoms with Crippen molar-refractivity contribution in [3.8, 4) is 11.3 Å². The zero-order chi connectivity index (χ0) is 21.0. The van der Waals surface area contributed by atoms with Crippen LogP contribution in [-0.4, -0.2) is 28.0 Å². The van der Waals surface area contributed by atoms with Crippen molar-refractivity contribution in [2.24, 2.45) is 28.8 Å². The van der Waals surface area contributed by atoms with Crippen LogP contribution in [0.15, 0.2) is 52.0 Å². The van der Waals surface area contributed by atoms with Gasteiger partial charge in [0.1, 0.15) is 16.5 Å². The van der Waals surface area contributed by atoms with E-state index in [1.165, 1.54) is 18.3 Å². The standard InChI is InChI=1S/C21H16ClN3O5/c22-15-7-5-13(9-16(15)25(28)29)17-8-6-14(30-17)10-23-24-20(26)18-11-1-2-12(4-3-11)19(18)21(24)27/h1-2,5-12,18-19H,3-4H2/b23-10-/t11-,12-,18-,19-/m0/s1. The maximum Gasteiger partial charge on any atom is 0.288 e. The lowest BCUT2D eigenvalue weighted by molar-refractivity contribution is -0.384. The maximum atomic E-state index is 12.8. The van der Waals surface area contributed by atoms with Gasteiger partial charge in [0, 0.05) is 11.6 Å². The van der Waals surface area contributed by atoms with E-state index < -0.39 is 4.92 Å². The molecule has 0 spiro atoms. The smallest absolute Gasteiger partial charge is 0.288 e. The molecule has 2 bridgehead atoms. The number of amides is 2. The number of furan rings is 1. The Kier molecular flexibility index (Phi) is 4.32. The van der Waals surface area contributed by atoms with Crippen LogP contribution < -0.4 is 0 Å². The van der Waals surface area contributed by atoms with E-state index in [2.05, 4.69) is 17.3 Å². The van der Waals surface area contributed by atoms with Gasteiger partial charge in [0.05, 0.1) is 23.0 Å². The quantitative estimate of drug-likeness (QED) is 0.241. The van der Waals surface area contributed by atoms with Gasteiger partial charge in [-0.15, -0.1) is 0 Å². The number of rotatable bonds is 4. The SMILES string of the molecule is O=C1[C@@H]2[C@@H](C(=O)N1/N=C\c1ccc(-c3ccc(Cl)c([N+](=O)[O-])c3)o1)[C@H]1C=C[C@H]2CC1. The molecule has 3 aliphatic carbocycles. The molecule has 0 N–H and O–H groups in total.